The number of hydrogen-bond acceptors (Lipinski definition) is 3. The van der Waals surface area contributed by atoms with Gasteiger partial charge in [-0.05, 0) is 29.8 Å². The summed E-state index contributed by atoms with van der Waals surface area (Å²) < 4.78 is 40.8. The van der Waals surface area contributed by atoms with Gasteiger partial charge in [-0.3, -0.25) is 10.8 Å². The van der Waals surface area contributed by atoms with Gasteiger partial charge in [-0.25, -0.2) is 5.43 Å². The number of pyridine rings is 1. The maximum Gasteiger partial charge on any atom is 0.416 e. The van der Waals surface area contributed by atoms with Gasteiger partial charge in [0, 0.05) is 26.9 Å². The number of aromatic nitrogens is 1. The summed E-state index contributed by atoms with van der Waals surface area (Å²) in [5.74, 6) is 5.47. The number of hydrazine groups is 1. The fourth-order valence-electron chi connectivity index (χ4n) is 2.00. The smallest absolute Gasteiger partial charge is 0.271 e. The van der Waals surface area contributed by atoms with E-state index in [0.717, 1.165) is 21.2 Å². The minimum Gasteiger partial charge on any atom is -0.271 e. The Morgan fingerprint density at radius 2 is 1.76 bits per heavy atom. The lowest BCUT2D eigenvalue weighted by atomic mass is 9.96. The van der Waals surface area contributed by atoms with Crippen molar-refractivity contribution in [1.29, 1.82) is 0 Å². The molecule has 0 saturated carbocycles. The molecule has 8 heteroatoms. The van der Waals surface area contributed by atoms with E-state index in [1.165, 1.54) is 6.20 Å². The Bertz CT molecular complexity index is 627. The van der Waals surface area contributed by atoms with E-state index in [1.54, 1.807) is 18.2 Å². The molecule has 0 amide bonds. The zero-order valence-corrected chi connectivity index (χ0v) is 13.6. The highest BCUT2D eigenvalue weighted by Gasteiger charge is 2.35. The number of halogens is 5. The molecule has 0 aliphatic carbocycles. The van der Waals surface area contributed by atoms with Crippen LogP contribution in [0.1, 0.15) is 22.7 Å². The van der Waals surface area contributed by atoms with Crippen molar-refractivity contribution < 1.29 is 13.2 Å². The first-order valence-electron chi connectivity index (χ1n) is 5.76. The molecule has 2 rings (SSSR count). The molecule has 1 unspecified atom stereocenters. The second kappa shape index (κ2) is 6.43. The van der Waals surface area contributed by atoms with Crippen LogP contribution in [-0.2, 0) is 6.18 Å². The predicted octanol–water partition coefficient (Wildman–Crippen LogP) is 4.18. The number of hydrogen-bond donors (Lipinski definition) is 2. The maximum absolute atomic E-state index is 13.1. The molecule has 0 spiro atoms. The number of nitrogens with two attached hydrogens (primary N) is 1. The summed E-state index contributed by atoms with van der Waals surface area (Å²) in [5, 5.41) is 0. The van der Waals surface area contributed by atoms with Crippen molar-refractivity contribution in [3.63, 3.8) is 0 Å². The lowest BCUT2D eigenvalue weighted by molar-refractivity contribution is -0.138. The van der Waals surface area contributed by atoms with E-state index in [2.05, 4.69) is 42.3 Å². The van der Waals surface area contributed by atoms with Crippen LogP contribution in [0, 0.1) is 0 Å². The molecule has 1 heterocycles. The van der Waals surface area contributed by atoms with Crippen LogP contribution in [0.5, 0.6) is 0 Å². The van der Waals surface area contributed by atoms with Crippen LogP contribution in [0.4, 0.5) is 13.2 Å². The highest BCUT2D eigenvalue weighted by atomic mass is 79.9. The number of benzene rings is 1. The van der Waals surface area contributed by atoms with Crippen LogP contribution in [0.15, 0.2) is 45.6 Å². The van der Waals surface area contributed by atoms with E-state index in [4.69, 9.17) is 5.84 Å². The quantitative estimate of drug-likeness (QED) is 0.574. The maximum atomic E-state index is 13.1. The zero-order chi connectivity index (χ0) is 15.6. The monoisotopic (exact) mass is 423 g/mol. The minimum atomic E-state index is -4.48. The number of alkyl halides is 3. The van der Waals surface area contributed by atoms with Gasteiger partial charge in [0.1, 0.15) is 0 Å². The Hall–Kier alpha value is -0.960. The first-order chi connectivity index (χ1) is 9.82. The minimum absolute atomic E-state index is 0.0301. The van der Waals surface area contributed by atoms with Crippen molar-refractivity contribution >= 4 is 31.9 Å². The van der Waals surface area contributed by atoms with E-state index in [1.807, 2.05) is 0 Å². The molecule has 0 aliphatic rings. The van der Waals surface area contributed by atoms with Gasteiger partial charge in [-0.2, -0.15) is 13.2 Å². The lowest BCUT2D eigenvalue weighted by Gasteiger charge is -2.21. The second-order valence-electron chi connectivity index (χ2n) is 4.26. The molecular weight excluding hydrogens is 415 g/mol. The van der Waals surface area contributed by atoms with Crippen molar-refractivity contribution in [1.82, 2.24) is 10.4 Å². The fourth-order valence-corrected chi connectivity index (χ4v) is 3.33. The molecule has 2 aromatic rings. The molecule has 0 bridgehead atoms. The van der Waals surface area contributed by atoms with Gasteiger partial charge in [-0.15, -0.1) is 0 Å². The first-order valence-corrected chi connectivity index (χ1v) is 7.34. The predicted molar refractivity (Wildman–Crippen MR) is 80.2 cm³/mol. The third kappa shape index (κ3) is 3.82. The molecule has 0 aliphatic heterocycles. The van der Waals surface area contributed by atoms with Gasteiger partial charge in [0.2, 0.25) is 0 Å². The number of rotatable bonds is 3. The van der Waals surface area contributed by atoms with Crippen molar-refractivity contribution in [2.45, 2.75) is 12.2 Å². The summed E-state index contributed by atoms with van der Waals surface area (Å²) in [4.78, 5) is 3.78. The van der Waals surface area contributed by atoms with E-state index in [9.17, 15) is 13.2 Å². The molecule has 1 aromatic heterocycles. The largest absolute Gasteiger partial charge is 0.416 e. The van der Waals surface area contributed by atoms with Crippen LogP contribution >= 0.6 is 31.9 Å². The third-order valence-corrected chi connectivity index (χ3v) is 3.77. The van der Waals surface area contributed by atoms with Gasteiger partial charge in [0.15, 0.2) is 0 Å². The molecule has 0 fully saturated rings. The molecular formula is C13H10Br2F3N3. The van der Waals surface area contributed by atoms with Crippen LogP contribution in [0.25, 0.3) is 0 Å². The van der Waals surface area contributed by atoms with Crippen molar-refractivity contribution in [2.75, 3.05) is 0 Å². The molecule has 0 saturated heterocycles. The topological polar surface area (TPSA) is 50.9 Å². The van der Waals surface area contributed by atoms with Crippen LogP contribution in [0.3, 0.4) is 0 Å². The Morgan fingerprint density at radius 1 is 1.14 bits per heavy atom. The fraction of sp³-hybridized carbons (Fsp3) is 0.154. The SMILES string of the molecule is NNC(c1cc(Br)cc(Br)c1)c1cnccc1C(F)(F)F. The summed E-state index contributed by atoms with van der Waals surface area (Å²) >= 11 is 6.61. The Balaban J connectivity index is 2.57. The average Bonchev–Trinajstić information content (AvgIpc) is 2.38. The normalized spacial score (nSPS) is 13.2. The first kappa shape index (κ1) is 16.4. The summed E-state index contributed by atoms with van der Waals surface area (Å²) in [6.45, 7) is 0. The number of nitrogens with one attached hydrogen (secondary N) is 1. The van der Waals surface area contributed by atoms with Gasteiger partial charge < -0.3 is 0 Å². The summed E-state index contributed by atoms with van der Waals surface area (Å²) in [7, 11) is 0. The van der Waals surface area contributed by atoms with Gasteiger partial charge in [0.25, 0.3) is 0 Å². The molecule has 3 nitrogen and oxygen atoms in total. The molecule has 1 atom stereocenters. The summed E-state index contributed by atoms with van der Waals surface area (Å²) in [6.07, 6.45) is -2.20. The second-order valence-corrected chi connectivity index (χ2v) is 6.09. The lowest BCUT2D eigenvalue weighted by Crippen LogP contribution is -2.30. The van der Waals surface area contributed by atoms with E-state index >= 15 is 0 Å². The van der Waals surface area contributed by atoms with Crippen molar-refractivity contribution in [3.8, 4) is 0 Å². The average molecular weight is 425 g/mol. The summed E-state index contributed by atoms with van der Waals surface area (Å²) in [6, 6.07) is 5.28. The van der Waals surface area contributed by atoms with Crippen LogP contribution in [0.2, 0.25) is 0 Å². The van der Waals surface area contributed by atoms with E-state index < -0.39 is 17.8 Å². The van der Waals surface area contributed by atoms with Gasteiger partial charge >= 0.3 is 6.18 Å². The molecule has 112 valence electrons. The summed E-state index contributed by atoms with van der Waals surface area (Å²) in [5.41, 5.74) is 2.20. The van der Waals surface area contributed by atoms with Crippen molar-refractivity contribution in [3.05, 3.63) is 62.3 Å². The van der Waals surface area contributed by atoms with E-state index in [-0.39, 0.29) is 5.56 Å². The highest BCUT2D eigenvalue weighted by Crippen LogP contribution is 2.36. The molecule has 21 heavy (non-hydrogen) atoms. The van der Waals surface area contributed by atoms with Crippen LogP contribution < -0.4 is 11.3 Å². The molecule has 1 aromatic carbocycles. The number of nitrogens with zero attached hydrogens (tertiary/aromatic N) is 1. The Kier molecular flexibility index (Phi) is 5.03. The zero-order valence-electron chi connectivity index (χ0n) is 10.5. The molecule has 0 radical (unpaired) electrons. The Labute approximate surface area is 136 Å². The highest BCUT2D eigenvalue weighted by molar-refractivity contribution is 9.11. The standard InChI is InChI=1S/C13H10Br2F3N3/c14-8-3-7(4-9(15)5-8)12(21-19)10-6-20-2-1-11(10)13(16,17)18/h1-6,12,21H,19H2. The molecule has 3 N–H and O–H groups in total. The Morgan fingerprint density at radius 3 is 2.29 bits per heavy atom. The van der Waals surface area contributed by atoms with Crippen LogP contribution in [-0.4, -0.2) is 4.98 Å². The third-order valence-electron chi connectivity index (χ3n) is 2.85. The van der Waals surface area contributed by atoms with E-state index in [0.29, 0.717) is 5.56 Å². The van der Waals surface area contributed by atoms with Crippen molar-refractivity contribution in [2.24, 2.45) is 5.84 Å². The van der Waals surface area contributed by atoms with Gasteiger partial charge in [-0.1, -0.05) is 31.9 Å². The van der Waals surface area contributed by atoms with Gasteiger partial charge in [0.05, 0.1) is 11.6 Å².